The van der Waals surface area contributed by atoms with E-state index in [2.05, 4.69) is 96.1 Å². The molecule has 0 saturated carbocycles. The lowest BCUT2D eigenvalue weighted by atomic mass is 9.49. The fourth-order valence-electron chi connectivity index (χ4n) is 10.1. The van der Waals surface area contributed by atoms with Gasteiger partial charge in [-0.15, -0.1) is 0 Å². The van der Waals surface area contributed by atoms with E-state index in [0.717, 1.165) is 98.1 Å². The maximum Gasteiger partial charge on any atom is 0.494 e. The molecule has 13 rings (SSSR count). The van der Waals surface area contributed by atoms with Crippen LogP contribution in [0.1, 0.15) is 115 Å². The molecule has 6 aromatic carbocycles. The van der Waals surface area contributed by atoms with Crippen molar-refractivity contribution in [3.63, 3.8) is 0 Å². The van der Waals surface area contributed by atoms with Crippen LogP contribution >= 0.6 is 15.9 Å². The summed E-state index contributed by atoms with van der Waals surface area (Å²) in [4.78, 5) is 32.9. The molecule has 0 atom stereocenters. The van der Waals surface area contributed by atoms with Gasteiger partial charge in [0.25, 0.3) is 0 Å². The summed E-state index contributed by atoms with van der Waals surface area (Å²) in [6.45, 7) is 24.4. The van der Waals surface area contributed by atoms with E-state index >= 15 is 0 Å². The van der Waals surface area contributed by atoms with Crippen LogP contribution in [-0.2, 0) is 27.9 Å². The van der Waals surface area contributed by atoms with Crippen molar-refractivity contribution in [1.29, 1.82) is 0 Å². The third-order valence-electron chi connectivity index (χ3n) is 16.2. The Balaban J connectivity index is 0.000000119. The first-order valence-electron chi connectivity index (χ1n) is 24.1. The van der Waals surface area contributed by atoms with Crippen LogP contribution < -0.4 is 5.46 Å². The molecule has 0 radical (unpaired) electrons. The van der Waals surface area contributed by atoms with Gasteiger partial charge in [0.2, 0.25) is 0 Å². The Labute approximate surface area is 418 Å². The van der Waals surface area contributed by atoms with Gasteiger partial charge in [-0.1, -0.05) is 101 Å². The number of benzene rings is 6. The molecule has 5 heterocycles. The molecule has 2 aliphatic carbocycles. The Morgan fingerprint density at radius 2 is 0.771 bits per heavy atom. The van der Waals surface area contributed by atoms with E-state index in [-0.39, 0.29) is 45.2 Å². The number of carbonyl (C=O) groups is 2. The molecule has 0 bridgehead atoms. The summed E-state index contributed by atoms with van der Waals surface area (Å²) in [6.07, 6.45) is 0. The number of hydrogen-bond acceptors (Lipinski definition) is 8. The SMILES string of the molecule is CC1(C)OB(B2OC(C)(C)C(C)(C)O2)OC1(C)C.CC1(C)OB(c2ccc3[nH]c4c5c(ccc4c3c2)-c2ccccc2C5=O)OC1(C)C.O=C1c2ccccc2-c2ccc3c([nH]c4ccc(Br)cc43)c21. The predicted octanol–water partition coefficient (Wildman–Crippen LogP) is 12.4. The number of aromatic nitrogens is 2. The van der Waals surface area contributed by atoms with Crippen LogP contribution in [0.5, 0.6) is 0 Å². The predicted molar refractivity (Wildman–Crippen MR) is 285 cm³/mol. The van der Waals surface area contributed by atoms with Crippen molar-refractivity contribution in [2.24, 2.45) is 0 Å². The van der Waals surface area contributed by atoms with Gasteiger partial charge >= 0.3 is 21.1 Å². The molecule has 3 saturated heterocycles. The molecular weight excluding hydrogens is 941 g/mol. The zero-order valence-corrected chi connectivity index (χ0v) is 43.4. The highest BCUT2D eigenvalue weighted by molar-refractivity contribution is 9.10. The van der Waals surface area contributed by atoms with Crippen molar-refractivity contribution in [2.45, 2.75) is 117 Å². The van der Waals surface area contributed by atoms with Crippen LogP contribution in [0, 0.1) is 0 Å². The van der Waals surface area contributed by atoms with Crippen LogP contribution in [0.25, 0.3) is 65.9 Å². The number of fused-ring (bicyclic) bond motifs is 14. The van der Waals surface area contributed by atoms with Crippen LogP contribution in [0.4, 0.5) is 0 Å². The molecule has 14 heteroatoms. The first kappa shape index (κ1) is 47.0. The minimum atomic E-state index is -0.476. The molecular formula is C56H56B3BrN2O8. The van der Waals surface area contributed by atoms with Crippen molar-refractivity contribution in [2.75, 3.05) is 0 Å². The first-order valence-corrected chi connectivity index (χ1v) is 24.9. The molecule has 3 aliphatic heterocycles. The normalized spacial score (nSPS) is 20.4. The second-order valence-electron chi connectivity index (χ2n) is 22.2. The second-order valence-corrected chi connectivity index (χ2v) is 23.1. The largest absolute Gasteiger partial charge is 0.494 e. The standard InChI is InChI=1S/C25H22BNO3.C19H10BrNO.C12H24B2O4/c1-24(2)25(3,4)30-26(29-24)14-9-12-20-19(13-14)17-11-10-16-15-7-5-6-8-18(15)23(28)21(16)22(17)27-20;20-10-5-8-16-15(9-10)13-7-6-12-11-3-1-2-4-14(11)19(22)17(12)18(13)21-16;1-9(2)10(3,4)16-13(15-9)14-17-11(5,6)12(7,8)18-14/h5-13,27H,1-4H3;1-9,21H;1-8H3. The molecule has 10 nitrogen and oxygen atoms in total. The summed E-state index contributed by atoms with van der Waals surface area (Å²) in [6, 6.07) is 36.3. The number of carbonyl (C=O) groups excluding carboxylic acids is 2. The van der Waals surface area contributed by atoms with E-state index in [9.17, 15) is 9.59 Å². The molecule has 70 heavy (non-hydrogen) atoms. The molecule has 5 aliphatic rings. The minimum Gasteiger partial charge on any atom is -0.405 e. The van der Waals surface area contributed by atoms with Crippen LogP contribution in [0.2, 0.25) is 0 Å². The topological polar surface area (TPSA) is 121 Å². The van der Waals surface area contributed by atoms with E-state index in [0.29, 0.717) is 0 Å². The Morgan fingerprint density at radius 3 is 1.20 bits per heavy atom. The van der Waals surface area contributed by atoms with Gasteiger partial charge in [-0.2, -0.15) is 0 Å². The highest BCUT2D eigenvalue weighted by Gasteiger charge is 2.64. The second kappa shape index (κ2) is 15.8. The zero-order valence-electron chi connectivity index (χ0n) is 41.8. The number of nitrogens with one attached hydrogen (secondary N) is 2. The molecule has 3 fully saturated rings. The molecule has 0 unspecified atom stereocenters. The highest BCUT2D eigenvalue weighted by atomic mass is 79.9. The van der Waals surface area contributed by atoms with Gasteiger partial charge in [0.05, 0.1) is 55.8 Å². The minimum absolute atomic E-state index is 0.0870. The number of ketones is 2. The number of H-pyrrole nitrogens is 2. The average molecular weight is 997 g/mol. The average Bonchev–Trinajstić information content (AvgIpc) is 4.13. The fourth-order valence-corrected chi connectivity index (χ4v) is 10.4. The van der Waals surface area contributed by atoms with Gasteiger partial charge in [0, 0.05) is 48.2 Å². The Morgan fingerprint density at radius 1 is 0.400 bits per heavy atom. The summed E-state index contributed by atoms with van der Waals surface area (Å²) < 4.78 is 37.4. The van der Waals surface area contributed by atoms with Gasteiger partial charge in [0.15, 0.2) is 11.6 Å². The van der Waals surface area contributed by atoms with E-state index in [1.807, 2.05) is 122 Å². The lowest BCUT2D eigenvalue weighted by molar-refractivity contribution is 0.00578. The van der Waals surface area contributed by atoms with E-state index in [1.54, 1.807) is 0 Å². The van der Waals surface area contributed by atoms with Crippen LogP contribution in [0.3, 0.4) is 0 Å². The highest BCUT2D eigenvalue weighted by Crippen LogP contribution is 2.46. The Hall–Kier alpha value is -5.31. The zero-order chi connectivity index (χ0) is 49.7. The smallest absolute Gasteiger partial charge is 0.405 e. The van der Waals surface area contributed by atoms with Gasteiger partial charge in [-0.25, -0.2) is 0 Å². The number of rotatable bonds is 2. The number of aromatic amines is 2. The van der Waals surface area contributed by atoms with Crippen LogP contribution in [0.15, 0.2) is 114 Å². The van der Waals surface area contributed by atoms with E-state index in [4.69, 9.17) is 27.9 Å². The third kappa shape index (κ3) is 7.23. The number of halogens is 1. The lowest BCUT2D eigenvalue weighted by Gasteiger charge is -2.32. The van der Waals surface area contributed by atoms with Gasteiger partial charge < -0.3 is 37.9 Å². The monoisotopic (exact) mass is 996 g/mol. The van der Waals surface area contributed by atoms with Crippen LogP contribution in [-0.4, -0.2) is 76.3 Å². The summed E-state index contributed by atoms with van der Waals surface area (Å²) in [5.74, 6) is 0.200. The molecule has 0 amide bonds. The summed E-state index contributed by atoms with van der Waals surface area (Å²) in [7, 11) is -1.36. The van der Waals surface area contributed by atoms with E-state index in [1.165, 1.54) is 0 Å². The van der Waals surface area contributed by atoms with Crippen molar-refractivity contribution in [1.82, 2.24) is 9.97 Å². The van der Waals surface area contributed by atoms with Gasteiger partial charge in [-0.3, -0.25) is 9.59 Å². The summed E-state index contributed by atoms with van der Waals surface area (Å²) in [5.41, 5.74) is 9.87. The molecule has 2 aromatic heterocycles. The third-order valence-corrected chi connectivity index (χ3v) is 16.7. The molecule has 8 aromatic rings. The Kier molecular flexibility index (Phi) is 10.6. The first-order chi connectivity index (χ1) is 32.9. The van der Waals surface area contributed by atoms with E-state index < -0.39 is 21.1 Å². The van der Waals surface area contributed by atoms with Gasteiger partial charge in [-0.05, 0) is 135 Å². The fraction of sp³-hybridized carbons (Fsp3) is 0.321. The molecule has 0 spiro atoms. The summed E-state index contributed by atoms with van der Waals surface area (Å²) >= 11 is 3.52. The maximum absolute atomic E-state index is 13.1. The van der Waals surface area contributed by atoms with Crippen molar-refractivity contribution < 1.29 is 37.5 Å². The Bertz CT molecular complexity index is 3440. The quantitative estimate of drug-likeness (QED) is 0.164. The number of hydrogen-bond donors (Lipinski definition) is 2. The summed E-state index contributed by atoms with van der Waals surface area (Å²) in [5, 5.41) is 4.35. The lowest BCUT2D eigenvalue weighted by Crippen LogP contribution is -2.41. The molecule has 2 N–H and O–H groups in total. The van der Waals surface area contributed by atoms with Crippen molar-refractivity contribution in [3.8, 4) is 22.3 Å². The molecule has 354 valence electrons. The van der Waals surface area contributed by atoms with Crippen molar-refractivity contribution >= 4 is 97.7 Å². The van der Waals surface area contributed by atoms with Crippen molar-refractivity contribution in [3.05, 3.63) is 136 Å². The van der Waals surface area contributed by atoms with Gasteiger partial charge in [0.1, 0.15) is 0 Å². The maximum atomic E-state index is 13.1.